The Kier molecular flexibility index (Phi) is 4.89. The van der Waals surface area contributed by atoms with Crippen molar-refractivity contribution in [2.24, 2.45) is 0 Å². The zero-order chi connectivity index (χ0) is 19.7. The second-order valence-electron chi connectivity index (χ2n) is 6.54. The average molecular weight is 371 g/mol. The van der Waals surface area contributed by atoms with Crippen molar-refractivity contribution in [1.29, 1.82) is 0 Å². The minimum atomic E-state index is -0.685. The second kappa shape index (κ2) is 7.14. The summed E-state index contributed by atoms with van der Waals surface area (Å²) in [5, 5.41) is 16.1. The van der Waals surface area contributed by atoms with Gasteiger partial charge in [-0.2, -0.15) is 0 Å². The Labute approximate surface area is 155 Å². The largest absolute Gasteiger partial charge is 0.505 e. The van der Waals surface area contributed by atoms with Crippen LogP contribution < -0.4 is 21.5 Å². The van der Waals surface area contributed by atoms with Gasteiger partial charge in [-0.3, -0.25) is 14.4 Å². The highest BCUT2D eigenvalue weighted by atomic mass is 16.5. The molecule has 1 atom stereocenters. The van der Waals surface area contributed by atoms with Crippen LogP contribution in [-0.2, 0) is 4.74 Å². The maximum Gasteiger partial charge on any atom is 0.257 e. The number of rotatable bonds is 6. The maximum absolute atomic E-state index is 12.1. The van der Waals surface area contributed by atoms with Gasteiger partial charge in [0.15, 0.2) is 5.75 Å². The molecular weight excluding hydrogens is 350 g/mol. The molecule has 1 amide bonds. The van der Waals surface area contributed by atoms with Crippen LogP contribution in [0.1, 0.15) is 23.7 Å². The molecule has 3 N–H and O–H groups in total. The van der Waals surface area contributed by atoms with Crippen molar-refractivity contribution in [1.82, 2.24) is 4.90 Å². The number of phenols is 1. The summed E-state index contributed by atoms with van der Waals surface area (Å²) in [5.74, 6) is 0.0546. The van der Waals surface area contributed by atoms with Crippen LogP contribution in [0.25, 0.3) is 0 Å². The summed E-state index contributed by atoms with van der Waals surface area (Å²) in [5.41, 5.74) is -0.876. The van der Waals surface area contributed by atoms with Crippen LogP contribution in [0.4, 0.5) is 17.1 Å². The van der Waals surface area contributed by atoms with Gasteiger partial charge in [-0.1, -0.05) is 6.07 Å². The molecule has 1 aliphatic heterocycles. The normalized spacial score (nSPS) is 14.4. The smallest absolute Gasteiger partial charge is 0.257 e. The Morgan fingerprint density at radius 3 is 2.56 bits per heavy atom. The lowest BCUT2D eigenvalue weighted by Gasteiger charge is -2.21. The first kappa shape index (κ1) is 18.5. The molecule has 0 fully saturated rings. The SMILES string of the molecule is C[C@H](Nc1c(Nc2cccc(C(=O)N(C)C)c2O)c(=O)c1=O)C1=CCCO1. The third kappa shape index (κ3) is 3.38. The van der Waals surface area contributed by atoms with E-state index in [1.54, 1.807) is 20.2 Å². The summed E-state index contributed by atoms with van der Waals surface area (Å²) in [6.07, 6.45) is 2.73. The number of amides is 1. The molecule has 0 spiro atoms. The van der Waals surface area contributed by atoms with E-state index in [9.17, 15) is 19.5 Å². The fraction of sp³-hybridized carbons (Fsp3) is 0.316. The molecule has 0 radical (unpaired) electrons. The summed E-state index contributed by atoms with van der Waals surface area (Å²) in [7, 11) is 3.14. The minimum absolute atomic E-state index is 0.0511. The van der Waals surface area contributed by atoms with Crippen molar-refractivity contribution in [2.75, 3.05) is 31.3 Å². The molecule has 2 aromatic rings. The lowest BCUT2D eigenvalue weighted by Crippen LogP contribution is -2.39. The molecule has 0 aromatic heterocycles. The quantitative estimate of drug-likeness (QED) is 0.522. The molecule has 8 nitrogen and oxygen atoms in total. The minimum Gasteiger partial charge on any atom is -0.505 e. The van der Waals surface area contributed by atoms with Gasteiger partial charge in [0, 0.05) is 20.5 Å². The first-order valence-electron chi connectivity index (χ1n) is 8.54. The Morgan fingerprint density at radius 2 is 1.93 bits per heavy atom. The Balaban J connectivity index is 1.86. The fourth-order valence-corrected chi connectivity index (χ4v) is 2.87. The summed E-state index contributed by atoms with van der Waals surface area (Å²) >= 11 is 0. The van der Waals surface area contributed by atoms with Gasteiger partial charge < -0.3 is 25.4 Å². The molecular formula is C19H21N3O5. The number of hydrogen-bond donors (Lipinski definition) is 3. The topological polar surface area (TPSA) is 108 Å². The molecule has 1 heterocycles. The van der Waals surface area contributed by atoms with E-state index in [1.807, 2.05) is 13.0 Å². The third-order valence-electron chi connectivity index (χ3n) is 4.36. The van der Waals surface area contributed by atoms with Gasteiger partial charge in [0.05, 0.1) is 23.9 Å². The number of nitrogens with one attached hydrogen (secondary N) is 2. The molecule has 1 aliphatic rings. The van der Waals surface area contributed by atoms with Crippen LogP contribution in [0.15, 0.2) is 39.6 Å². The van der Waals surface area contributed by atoms with E-state index < -0.39 is 10.9 Å². The number of anilines is 3. The predicted molar refractivity (Wildman–Crippen MR) is 102 cm³/mol. The number of carbonyl (C=O) groups excluding carboxylic acids is 1. The molecule has 2 aromatic carbocycles. The first-order valence-corrected chi connectivity index (χ1v) is 8.54. The van der Waals surface area contributed by atoms with Crippen LogP contribution >= 0.6 is 0 Å². The van der Waals surface area contributed by atoms with E-state index in [4.69, 9.17) is 4.74 Å². The highest BCUT2D eigenvalue weighted by Crippen LogP contribution is 2.32. The van der Waals surface area contributed by atoms with Crippen molar-refractivity contribution in [3.05, 3.63) is 56.0 Å². The van der Waals surface area contributed by atoms with Gasteiger partial charge in [-0.05, 0) is 25.1 Å². The Morgan fingerprint density at radius 1 is 1.22 bits per heavy atom. The summed E-state index contributed by atoms with van der Waals surface area (Å²) < 4.78 is 5.46. The molecule has 8 heteroatoms. The van der Waals surface area contributed by atoms with Gasteiger partial charge in [0.2, 0.25) is 0 Å². The molecule has 0 saturated heterocycles. The number of benzene rings is 1. The van der Waals surface area contributed by atoms with Gasteiger partial charge in [-0.15, -0.1) is 0 Å². The monoisotopic (exact) mass is 371 g/mol. The van der Waals surface area contributed by atoms with E-state index in [0.717, 1.165) is 12.2 Å². The van der Waals surface area contributed by atoms with Crippen molar-refractivity contribution in [2.45, 2.75) is 19.4 Å². The zero-order valence-electron chi connectivity index (χ0n) is 15.3. The maximum atomic E-state index is 12.1. The third-order valence-corrected chi connectivity index (χ3v) is 4.36. The molecule has 3 rings (SSSR count). The lowest BCUT2D eigenvalue weighted by atomic mass is 10.1. The fourth-order valence-electron chi connectivity index (χ4n) is 2.87. The van der Waals surface area contributed by atoms with E-state index in [-0.39, 0.29) is 40.3 Å². The lowest BCUT2D eigenvalue weighted by molar-refractivity contribution is 0.0824. The van der Waals surface area contributed by atoms with Crippen LogP contribution in [0.5, 0.6) is 5.75 Å². The van der Waals surface area contributed by atoms with E-state index in [0.29, 0.717) is 6.61 Å². The number of ether oxygens (including phenoxy) is 1. The predicted octanol–water partition coefficient (Wildman–Crippen LogP) is 1.54. The molecule has 0 aliphatic carbocycles. The van der Waals surface area contributed by atoms with Gasteiger partial charge >= 0.3 is 0 Å². The number of phenolic OH excluding ortho intramolecular Hbond substituents is 1. The van der Waals surface area contributed by atoms with Crippen molar-refractivity contribution >= 4 is 23.0 Å². The average Bonchev–Trinajstić information content (AvgIpc) is 3.19. The number of nitrogens with zero attached hydrogens (tertiary/aromatic N) is 1. The number of para-hydroxylation sites is 1. The Hall–Kier alpha value is -3.29. The molecule has 0 bridgehead atoms. The van der Waals surface area contributed by atoms with E-state index >= 15 is 0 Å². The van der Waals surface area contributed by atoms with Crippen LogP contribution in [0.3, 0.4) is 0 Å². The summed E-state index contributed by atoms with van der Waals surface area (Å²) in [6.45, 7) is 2.42. The number of aromatic hydroxyl groups is 1. The van der Waals surface area contributed by atoms with Crippen molar-refractivity contribution in [3.8, 4) is 5.75 Å². The molecule has 142 valence electrons. The Bertz CT molecular complexity index is 986. The first-order chi connectivity index (χ1) is 12.8. The highest BCUT2D eigenvalue weighted by molar-refractivity contribution is 5.99. The number of carbonyl (C=O) groups is 1. The van der Waals surface area contributed by atoms with E-state index in [1.165, 1.54) is 17.0 Å². The summed E-state index contributed by atoms with van der Waals surface area (Å²) in [6, 6.07) is 4.31. The van der Waals surface area contributed by atoms with Gasteiger partial charge in [0.25, 0.3) is 16.8 Å². The number of hydrogen-bond acceptors (Lipinski definition) is 7. The standard InChI is InChI=1S/C19H21N3O5/c1-10(13-8-5-9-27-13)20-14-15(18(25)17(14)24)21-12-7-4-6-11(16(12)23)19(26)22(2)3/h4,6-8,10,20-21,23H,5,9H2,1-3H3/t10-/m0/s1. The van der Waals surface area contributed by atoms with Gasteiger partial charge in [-0.25, -0.2) is 0 Å². The molecule has 0 saturated carbocycles. The van der Waals surface area contributed by atoms with E-state index in [2.05, 4.69) is 10.6 Å². The van der Waals surface area contributed by atoms with Crippen LogP contribution in [0, 0.1) is 0 Å². The highest BCUT2D eigenvalue weighted by Gasteiger charge is 2.26. The van der Waals surface area contributed by atoms with Crippen LogP contribution in [0.2, 0.25) is 0 Å². The second-order valence-corrected chi connectivity index (χ2v) is 6.54. The van der Waals surface area contributed by atoms with Crippen LogP contribution in [-0.4, -0.2) is 42.7 Å². The summed E-state index contributed by atoms with van der Waals surface area (Å²) in [4.78, 5) is 37.4. The van der Waals surface area contributed by atoms with Crippen molar-refractivity contribution in [3.63, 3.8) is 0 Å². The van der Waals surface area contributed by atoms with Crippen molar-refractivity contribution < 1.29 is 14.6 Å². The zero-order valence-corrected chi connectivity index (χ0v) is 15.3. The molecule has 0 unspecified atom stereocenters. The molecule has 27 heavy (non-hydrogen) atoms. The van der Waals surface area contributed by atoms with Gasteiger partial charge in [0.1, 0.15) is 17.1 Å².